The van der Waals surface area contributed by atoms with Crippen molar-refractivity contribution >= 4 is 22.8 Å². The summed E-state index contributed by atoms with van der Waals surface area (Å²) < 4.78 is 5.02. The summed E-state index contributed by atoms with van der Waals surface area (Å²) in [7, 11) is 0. The number of aromatic nitrogens is 1. The average Bonchev–Trinajstić information content (AvgIpc) is 2.63. The average molecular weight is 340 g/mol. The number of carbonyl (C=O) groups is 2. The molecule has 1 aromatic carbocycles. The first-order valence-corrected chi connectivity index (χ1v) is 8.97. The van der Waals surface area contributed by atoms with Crippen LogP contribution in [0.5, 0.6) is 0 Å². The van der Waals surface area contributed by atoms with Crippen molar-refractivity contribution in [2.45, 2.75) is 45.1 Å². The number of nitrogens with zero attached hydrogens (tertiary/aromatic N) is 1. The second-order valence-electron chi connectivity index (χ2n) is 6.58. The molecule has 2 aromatic rings. The summed E-state index contributed by atoms with van der Waals surface area (Å²) >= 11 is 0. The Bertz CT molecular complexity index is 746. The number of carbonyl (C=O) groups excluding carboxylic acids is 2. The SMILES string of the molecule is CCOC(=O)C[C@H]1CC[C@H](NC(=O)c2ccnc3ccccc23)CC1. The normalized spacial score (nSPS) is 20.2. The van der Waals surface area contributed by atoms with Crippen molar-refractivity contribution in [3.05, 3.63) is 42.1 Å². The number of para-hydroxylation sites is 1. The van der Waals surface area contributed by atoms with Crippen molar-refractivity contribution < 1.29 is 14.3 Å². The number of benzene rings is 1. The molecule has 1 aliphatic rings. The van der Waals surface area contributed by atoms with Crippen LogP contribution in [-0.4, -0.2) is 29.5 Å². The quantitative estimate of drug-likeness (QED) is 0.846. The fraction of sp³-hybridized carbons (Fsp3) is 0.450. The molecule has 1 aromatic heterocycles. The van der Waals surface area contributed by atoms with Crippen LogP contribution >= 0.6 is 0 Å². The topological polar surface area (TPSA) is 68.3 Å². The van der Waals surface area contributed by atoms with E-state index in [1.807, 2.05) is 31.2 Å². The van der Waals surface area contributed by atoms with E-state index < -0.39 is 0 Å². The van der Waals surface area contributed by atoms with Gasteiger partial charge in [0.1, 0.15) is 0 Å². The maximum absolute atomic E-state index is 12.7. The molecule has 5 heteroatoms. The highest BCUT2D eigenvalue weighted by atomic mass is 16.5. The van der Waals surface area contributed by atoms with Gasteiger partial charge in [0.05, 0.1) is 17.7 Å². The number of amides is 1. The van der Waals surface area contributed by atoms with E-state index in [-0.39, 0.29) is 17.9 Å². The highest BCUT2D eigenvalue weighted by Gasteiger charge is 2.25. The van der Waals surface area contributed by atoms with Gasteiger partial charge in [0.25, 0.3) is 5.91 Å². The summed E-state index contributed by atoms with van der Waals surface area (Å²) in [6.45, 7) is 2.26. The minimum absolute atomic E-state index is 0.0487. The molecule has 0 atom stereocenters. The molecule has 0 spiro atoms. The zero-order chi connectivity index (χ0) is 17.6. The third-order valence-electron chi connectivity index (χ3n) is 4.84. The number of hydrogen-bond acceptors (Lipinski definition) is 4. The van der Waals surface area contributed by atoms with Gasteiger partial charge in [-0.25, -0.2) is 0 Å². The highest BCUT2D eigenvalue weighted by Crippen LogP contribution is 2.27. The summed E-state index contributed by atoms with van der Waals surface area (Å²) in [6, 6.07) is 9.60. The van der Waals surface area contributed by atoms with Crippen LogP contribution < -0.4 is 5.32 Å². The van der Waals surface area contributed by atoms with Crippen molar-refractivity contribution in [2.75, 3.05) is 6.61 Å². The number of pyridine rings is 1. The third-order valence-corrected chi connectivity index (χ3v) is 4.84. The molecule has 5 nitrogen and oxygen atoms in total. The second-order valence-corrected chi connectivity index (χ2v) is 6.58. The molecular weight excluding hydrogens is 316 g/mol. The number of ether oxygens (including phenoxy) is 1. The highest BCUT2D eigenvalue weighted by molar-refractivity contribution is 6.06. The van der Waals surface area contributed by atoms with E-state index in [0.29, 0.717) is 24.5 Å². The Kier molecular flexibility index (Phi) is 5.64. The molecule has 1 N–H and O–H groups in total. The Hall–Kier alpha value is -2.43. The summed E-state index contributed by atoms with van der Waals surface area (Å²) in [5, 5.41) is 4.02. The lowest BCUT2D eigenvalue weighted by Crippen LogP contribution is -2.38. The number of rotatable bonds is 5. The van der Waals surface area contributed by atoms with Gasteiger partial charge < -0.3 is 10.1 Å². The number of fused-ring (bicyclic) bond motifs is 1. The smallest absolute Gasteiger partial charge is 0.306 e. The number of nitrogens with one attached hydrogen (secondary N) is 1. The van der Waals surface area contributed by atoms with E-state index >= 15 is 0 Å². The van der Waals surface area contributed by atoms with Crippen LogP contribution in [0.4, 0.5) is 0 Å². The van der Waals surface area contributed by atoms with Gasteiger partial charge in [-0.2, -0.15) is 0 Å². The molecule has 1 heterocycles. The standard InChI is InChI=1S/C20H24N2O3/c1-2-25-19(23)13-14-7-9-15(10-8-14)22-20(24)17-11-12-21-18-6-4-3-5-16(17)18/h3-6,11-12,14-15H,2,7-10,13H2,1H3,(H,22,24)/t14-,15-. The number of esters is 1. The van der Waals surface area contributed by atoms with Crippen LogP contribution in [0.1, 0.15) is 49.4 Å². The molecule has 132 valence electrons. The van der Waals surface area contributed by atoms with E-state index in [1.165, 1.54) is 0 Å². The molecule has 1 aliphatic carbocycles. The van der Waals surface area contributed by atoms with E-state index in [1.54, 1.807) is 12.3 Å². The molecule has 25 heavy (non-hydrogen) atoms. The van der Waals surface area contributed by atoms with Gasteiger partial charge in [0.2, 0.25) is 0 Å². The lowest BCUT2D eigenvalue weighted by molar-refractivity contribution is -0.144. The summed E-state index contributed by atoms with van der Waals surface area (Å²) in [4.78, 5) is 28.5. The molecule has 0 unspecified atom stereocenters. The van der Waals surface area contributed by atoms with Crippen molar-refractivity contribution in [1.82, 2.24) is 10.3 Å². The number of hydrogen-bond donors (Lipinski definition) is 1. The first-order chi connectivity index (χ1) is 12.2. The van der Waals surface area contributed by atoms with Gasteiger partial charge in [-0.3, -0.25) is 14.6 Å². The lowest BCUT2D eigenvalue weighted by atomic mass is 9.84. The Morgan fingerprint density at radius 3 is 2.68 bits per heavy atom. The maximum Gasteiger partial charge on any atom is 0.306 e. The molecule has 1 amide bonds. The van der Waals surface area contributed by atoms with E-state index in [4.69, 9.17) is 4.74 Å². The van der Waals surface area contributed by atoms with Crippen LogP contribution in [0.2, 0.25) is 0 Å². The molecule has 1 fully saturated rings. The monoisotopic (exact) mass is 340 g/mol. The van der Waals surface area contributed by atoms with E-state index in [0.717, 1.165) is 36.6 Å². The molecule has 0 radical (unpaired) electrons. The predicted octanol–water partition coefficient (Wildman–Crippen LogP) is 3.48. The predicted molar refractivity (Wildman–Crippen MR) is 96.2 cm³/mol. The van der Waals surface area contributed by atoms with Crippen LogP contribution in [-0.2, 0) is 9.53 Å². The third kappa shape index (κ3) is 4.35. The van der Waals surface area contributed by atoms with Gasteiger partial charge in [-0.1, -0.05) is 18.2 Å². The van der Waals surface area contributed by atoms with Crippen LogP contribution in [0.3, 0.4) is 0 Å². The van der Waals surface area contributed by atoms with Crippen molar-refractivity contribution in [2.24, 2.45) is 5.92 Å². The molecule has 0 bridgehead atoms. The Morgan fingerprint density at radius 1 is 1.16 bits per heavy atom. The van der Waals surface area contributed by atoms with Crippen LogP contribution in [0, 0.1) is 5.92 Å². The van der Waals surface area contributed by atoms with Crippen molar-refractivity contribution in [1.29, 1.82) is 0 Å². The first kappa shape index (κ1) is 17.4. The Morgan fingerprint density at radius 2 is 1.92 bits per heavy atom. The first-order valence-electron chi connectivity index (χ1n) is 8.97. The lowest BCUT2D eigenvalue weighted by Gasteiger charge is -2.28. The van der Waals surface area contributed by atoms with E-state index in [9.17, 15) is 9.59 Å². The Labute approximate surface area is 147 Å². The zero-order valence-corrected chi connectivity index (χ0v) is 14.5. The summed E-state index contributed by atoms with van der Waals surface area (Å²) in [5.74, 6) is 0.208. The fourth-order valence-corrected chi connectivity index (χ4v) is 3.52. The van der Waals surface area contributed by atoms with Gasteiger partial charge in [-0.15, -0.1) is 0 Å². The summed E-state index contributed by atoms with van der Waals surface area (Å²) in [6.07, 6.45) is 5.86. The Balaban J connectivity index is 1.57. The van der Waals surface area contributed by atoms with Gasteiger partial charge in [0, 0.05) is 24.0 Å². The van der Waals surface area contributed by atoms with Crippen molar-refractivity contribution in [3.8, 4) is 0 Å². The molecule has 1 saturated carbocycles. The minimum Gasteiger partial charge on any atom is -0.466 e. The van der Waals surface area contributed by atoms with Gasteiger partial charge in [0.15, 0.2) is 0 Å². The minimum atomic E-state index is -0.113. The molecular formula is C20H24N2O3. The second kappa shape index (κ2) is 8.10. The van der Waals surface area contributed by atoms with Crippen LogP contribution in [0.15, 0.2) is 36.5 Å². The molecule has 0 aliphatic heterocycles. The van der Waals surface area contributed by atoms with Crippen molar-refractivity contribution in [3.63, 3.8) is 0 Å². The maximum atomic E-state index is 12.7. The molecule has 3 rings (SSSR count). The zero-order valence-electron chi connectivity index (χ0n) is 14.5. The van der Waals surface area contributed by atoms with E-state index in [2.05, 4.69) is 10.3 Å². The van der Waals surface area contributed by atoms with Gasteiger partial charge >= 0.3 is 5.97 Å². The summed E-state index contributed by atoms with van der Waals surface area (Å²) in [5.41, 5.74) is 1.49. The fourth-order valence-electron chi connectivity index (χ4n) is 3.52. The molecule has 0 saturated heterocycles. The van der Waals surface area contributed by atoms with Gasteiger partial charge in [-0.05, 0) is 50.7 Å². The largest absolute Gasteiger partial charge is 0.466 e. The van der Waals surface area contributed by atoms with Crippen LogP contribution in [0.25, 0.3) is 10.9 Å².